The van der Waals surface area contributed by atoms with E-state index in [9.17, 15) is 4.79 Å². The first kappa shape index (κ1) is 8.21. The Bertz CT molecular complexity index is 99.5. The maximum absolute atomic E-state index is 9.67. The number of ether oxygens (including phenoxy) is 1. The molecule has 0 heterocycles. The zero-order valence-electron chi connectivity index (χ0n) is 5.89. The minimum atomic E-state index is 0.436. The molecular formula is C7H12O2. The Labute approximate surface area is 55.5 Å². The Morgan fingerprint density at radius 3 is 2.33 bits per heavy atom. The van der Waals surface area contributed by atoms with Crippen LogP contribution < -0.4 is 0 Å². The molecular weight excluding hydrogens is 116 g/mol. The summed E-state index contributed by atoms with van der Waals surface area (Å²) in [4.78, 5) is 9.67. The van der Waals surface area contributed by atoms with E-state index in [-0.39, 0.29) is 0 Å². The molecule has 0 aromatic carbocycles. The SMILES string of the molecule is CCC(=COC=O)CC. The van der Waals surface area contributed by atoms with Crippen molar-refractivity contribution in [3.05, 3.63) is 11.8 Å². The lowest BCUT2D eigenvalue weighted by molar-refractivity contribution is -0.123. The minimum Gasteiger partial charge on any atom is -0.437 e. The first-order valence-corrected chi connectivity index (χ1v) is 3.12. The van der Waals surface area contributed by atoms with Crippen LogP contribution in [0.3, 0.4) is 0 Å². The van der Waals surface area contributed by atoms with Gasteiger partial charge < -0.3 is 4.74 Å². The van der Waals surface area contributed by atoms with Crippen molar-refractivity contribution in [2.24, 2.45) is 0 Å². The monoisotopic (exact) mass is 128 g/mol. The lowest BCUT2D eigenvalue weighted by Crippen LogP contribution is -1.81. The van der Waals surface area contributed by atoms with E-state index >= 15 is 0 Å². The van der Waals surface area contributed by atoms with E-state index in [0.717, 1.165) is 18.4 Å². The Balaban J connectivity index is 3.60. The lowest BCUT2D eigenvalue weighted by atomic mass is 10.2. The fraction of sp³-hybridized carbons (Fsp3) is 0.571. The quantitative estimate of drug-likeness (QED) is 0.426. The molecule has 0 spiro atoms. The maximum atomic E-state index is 9.67. The van der Waals surface area contributed by atoms with Gasteiger partial charge in [-0.25, -0.2) is 0 Å². The van der Waals surface area contributed by atoms with Crippen LogP contribution in [0.25, 0.3) is 0 Å². The molecule has 0 aromatic rings. The average Bonchev–Trinajstić information content (AvgIpc) is 1.91. The standard InChI is InChI=1S/C7H12O2/c1-3-7(4-2)5-9-6-8/h5-6H,3-4H2,1-2H3. The molecule has 0 saturated carbocycles. The zero-order valence-corrected chi connectivity index (χ0v) is 5.89. The van der Waals surface area contributed by atoms with Crippen molar-refractivity contribution in [2.75, 3.05) is 0 Å². The number of carbonyl (C=O) groups is 1. The summed E-state index contributed by atoms with van der Waals surface area (Å²) in [5.41, 5.74) is 1.15. The van der Waals surface area contributed by atoms with Crippen molar-refractivity contribution < 1.29 is 9.53 Å². The predicted molar refractivity (Wildman–Crippen MR) is 35.8 cm³/mol. The van der Waals surface area contributed by atoms with Crippen molar-refractivity contribution in [2.45, 2.75) is 26.7 Å². The van der Waals surface area contributed by atoms with Gasteiger partial charge in [0, 0.05) is 0 Å². The largest absolute Gasteiger partial charge is 0.437 e. The number of rotatable bonds is 4. The summed E-state index contributed by atoms with van der Waals surface area (Å²) in [7, 11) is 0. The van der Waals surface area contributed by atoms with Crippen molar-refractivity contribution >= 4 is 6.47 Å². The van der Waals surface area contributed by atoms with Gasteiger partial charge in [0.15, 0.2) is 0 Å². The van der Waals surface area contributed by atoms with Gasteiger partial charge in [-0.15, -0.1) is 0 Å². The van der Waals surface area contributed by atoms with Gasteiger partial charge in [-0.05, 0) is 18.4 Å². The highest BCUT2D eigenvalue weighted by Crippen LogP contribution is 2.03. The normalized spacial score (nSPS) is 8.22. The van der Waals surface area contributed by atoms with Crippen LogP contribution in [-0.4, -0.2) is 6.47 Å². The highest BCUT2D eigenvalue weighted by atomic mass is 16.5. The molecule has 0 aliphatic carbocycles. The highest BCUT2D eigenvalue weighted by molar-refractivity contribution is 5.38. The molecule has 0 fully saturated rings. The van der Waals surface area contributed by atoms with Crippen molar-refractivity contribution in [3.63, 3.8) is 0 Å². The van der Waals surface area contributed by atoms with Gasteiger partial charge in [0.05, 0.1) is 6.26 Å². The van der Waals surface area contributed by atoms with Crippen LogP contribution in [0, 0.1) is 0 Å². The molecule has 0 aromatic heterocycles. The zero-order chi connectivity index (χ0) is 7.11. The molecule has 0 radical (unpaired) electrons. The third-order valence-corrected chi connectivity index (χ3v) is 1.20. The molecule has 0 N–H and O–H groups in total. The van der Waals surface area contributed by atoms with Crippen molar-refractivity contribution in [3.8, 4) is 0 Å². The van der Waals surface area contributed by atoms with Gasteiger partial charge in [0.25, 0.3) is 6.47 Å². The summed E-state index contributed by atoms with van der Waals surface area (Å²) in [6.45, 7) is 4.50. The van der Waals surface area contributed by atoms with Crippen LogP contribution in [0.2, 0.25) is 0 Å². The summed E-state index contributed by atoms with van der Waals surface area (Å²) in [5, 5.41) is 0. The summed E-state index contributed by atoms with van der Waals surface area (Å²) >= 11 is 0. The van der Waals surface area contributed by atoms with Crippen LogP contribution >= 0.6 is 0 Å². The van der Waals surface area contributed by atoms with Gasteiger partial charge in [-0.3, -0.25) is 4.79 Å². The van der Waals surface area contributed by atoms with E-state index in [0.29, 0.717) is 6.47 Å². The van der Waals surface area contributed by atoms with Gasteiger partial charge >= 0.3 is 0 Å². The van der Waals surface area contributed by atoms with Crippen LogP contribution in [-0.2, 0) is 9.53 Å². The summed E-state index contributed by atoms with van der Waals surface area (Å²) < 4.78 is 4.43. The molecule has 0 bridgehead atoms. The van der Waals surface area contributed by atoms with E-state index in [2.05, 4.69) is 4.74 Å². The van der Waals surface area contributed by atoms with Crippen LogP contribution in [0.1, 0.15) is 26.7 Å². The van der Waals surface area contributed by atoms with Gasteiger partial charge in [0.2, 0.25) is 0 Å². The first-order chi connectivity index (χ1) is 4.35. The van der Waals surface area contributed by atoms with Crippen LogP contribution in [0.15, 0.2) is 11.8 Å². The third-order valence-electron chi connectivity index (χ3n) is 1.20. The predicted octanol–water partition coefficient (Wildman–Crippen LogP) is 1.86. The number of hydrogen-bond donors (Lipinski definition) is 0. The summed E-state index contributed by atoms with van der Waals surface area (Å²) in [6, 6.07) is 0. The fourth-order valence-electron chi connectivity index (χ4n) is 0.541. The molecule has 52 valence electrons. The maximum Gasteiger partial charge on any atom is 0.297 e. The molecule has 0 aliphatic rings. The molecule has 9 heavy (non-hydrogen) atoms. The molecule has 0 aliphatic heterocycles. The molecule has 2 nitrogen and oxygen atoms in total. The summed E-state index contributed by atoms with van der Waals surface area (Å²) in [5.74, 6) is 0. The van der Waals surface area contributed by atoms with Gasteiger partial charge in [0.1, 0.15) is 0 Å². The molecule has 2 heteroatoms. The van der Waals surface area contributed by atoms with E-state index in [1.807, 2.05) is 13.8 Å². The van der Waals surface area contributed by atoms with E-state index in [1.165, 1.54) is 6.26 Å². The number of carbonyl (C=O) groups excluding carboxylic acids is 1. The van der Waals surface area contributed by atoms with Crippen LogP contribution in [0.4, 0.5) is 0 Å². The molecule has 0 rings (SSSR count). The highest BCUT2D eigenvalue weighted by Gasteiger charge is 1.87. The van der Waals surface area contributed by atoms with Crippen molar-refractivity contribution in [1.29, 1.82) is 0 Å². The summed E-state index contributed by atoms with van der Waals surface area (Å²) in [6.07, 6.45) is 3.40. The van der Waals surface area contributed by atoms with Crippen LogP contribution in [0.5, 0.6) is 0 Å². The number of allylic oxidation sites excluding steroid dienone is 1. The average molecular weight is 128 g/mol. The Kier molecular flexibility index (Phi) is 4.88. The smallest absolute Gasteiger partial charge is 0.297 e. The number of hydrogen-bond acceptors (Lipinski definition) is 2. The lowest BCUT2D eigenvalue weighted by Gasteiger charge is -1.95. The Hall–Kier alpha value is -0.790. The minimum absolute atomic E-state index is 0.436. The molecule has 0 amide bonds. The first-order valence-electron chi connectivity index (χ1n) is 3.12. The third kappa shape index (κ3) is 3.76. The Morgan fingerprint density at radius 1 is 1.44 bits per heavy atom. The van der Waals surface area contributed by atoms with E-state index in [1.54, 1.807) is 0 Å². The fourth-order valence-corrected chi connectivity index (χ4v) is 0.541. The second-order valence-corrected chi connectivity index (χ2v) is 1.72. The second-order valence-electron chi connectivity index (χ2n) is 1.72. The van der Waals surface area contributed by atoms with E-state index in [4.69, 9.17) is 0 Å². The topological polar surface area (TPSA) is 26.3 Å². The van der Waals surface area contributed by atoms with Gasteiger partial charge in [-0.2, -0.15) is 0 Å². The molecule has 0 saturated heterocycles. The molecule has 0 unspecified atom stereocenters. The Morgan fingerprint density at radius 2 is 2.00 bits per heavy atom. The van der Waals surface area contributed by atoms with E-state index < -0.39 is 0 Å². The van der Waals surface area contributed by atoms with Gasteiger partial charge in [-0.1, -0.05) is 13.8 Å². The second kappa shape index (κ2) is 5.35. The van der Waals surface area contributed by atoms with Crippen molar-refractivity contribution in [1.82, 2.24) is 0 Å². The molecule has 0 atom stereocenters.